The van der Waals surface area contributed by atoms with E-state index in [9.17, 15) is 4.79 Å². The summed E-state index contributed by atoms with van der Waals surface area (Å²) >= 11 is 1.43. The Labute approximate surface area is 126 Å². The summed E-state index contributed by atoms with van der Waals surface area (Å²) in [6.45, 7) is 1.92. The Bertz CT molecular complexity index is 754. The average molecular weight is 295 g/mol. The minimum absolute atomic E-state index is 0.156. The monoisotopic (exact) mass is 295 g/mol. The van der Waals surface area contributed by atoms with Crippen LogP contribution < -0.4 is 5.32 Å². The number of amides is 1. The number of thiazole rings is 1. The van der Waals surface area contributed by atoms with Crippen molar-refractivity contribution in [1.82, 2.24) is 9.97 Å². The Kier molecular flexibility index (Phi) is 3.75. The molecule has 4 nitrogen and oxygen atoms in total. The van der Waals surface area contributed by atoms with Crippen molar-refractivity contribution in [2.75, 3.05) is 5.32 Å². The van der Waals surface area contributed by atoms with Gasteiger partial charge in [-0.2, -0.15) is 0 Å². The number of hydrogen-bond donors (Lipinski definition) is 1. The molecule has 0 aliphatic rings. The summed E-state index contributed by atoms with van der Waals surface area (Å²) in [4.78, 5) is 21.8. The van der Waals surface area contributed by atoms with Gasteiger partial charge in [-0.1, -0.05) is 35.6 Å². The van der Waals surface area contributed by atoms with Crippen LogP contribution in [0.25, 0.3) is 10.6 Å². The molecule has 0 spiro atoms. The van der Waals surface area contributed by atoms with Gasteiger partial charge in [-0.3, -0.25) is 15.1 Å². The van der Waals surface area contributed by atoms with Crippen LogP contribution in [0.5, 0.6) is 0 Å². The van der Waals surface area contributed by atoms with Crippen LogP contribution >= 0.6 is 11.3 Å². The van der Waals surface area contributed by atoms with Crippen LogP contribution in [-0.2, 0) is 0 Å². The van der Waals surface area contributed by atoms with Crippen molar-refractivity contribution in [2.24, 2.45) is 0 Å². The van der Waals surface area contributed by atoms with Gasteiger partial charge in [0.15, 0.2) is 5.13 Å². The number of rotatable bonds is 3. The van der Waals surface area contributed by atoms with E-state index in [1.807, 2.05) is 43.3 Å². The van der Waals surface area contributed by atoms with Gasteiger partial charge in [-0.15, -0.1) is 0 Å². The van der Waals surface area contributed by atoms with Crippen molar-refractivity contribution in [3.8, 4) is 10.6 Å². The van der Waals surface area contributed by atoms with Gasteiger partial charge in [0.1, 0.15) is 0 Å². The number of benzene rings is 1. The zero-order valence-corrected chi connectivity index (χ0v) is 12.2. The number of nitrogens with one attached hydrogen (secondary N) is 1. The van der Waals surface area contributed by atoms with E-state index in [2.05, 4.69) is 15.3 Å². The third kappa shape index (κ3) is 2.98. The van der Waals surface area contributed by atoms with Gasteiger partial charge in [0.25, 0.3) is 5.91 Å². The highest BCUT2D eigenvalue weighted by molar-refractivity contribution is 7.19. The lowest BCUT2D eigenvalue weighted by molar-refractivity contribution is 0.102. The lowest BCUT2D eigenvalue weighted by Crippen LogP contribution is -2.11. The first-order chi connectivity index (χ1) is 10.2. The van der Waals surface area contributed by atoms with Crippen molar-refractivity contribution < 1.29 is 4.79 Å². The number of carbonyl (C=O) groups is 1. The predicted molar refractivity (Wildman–Crippen MR) is 84.5 cm³/mol. The first-order valence-corrected chi connectivity index (χ1v) is 7.31. The first kappa shape index (κ1) is 13.5. The lowest BCUT2D eigenvalue weighted by Gasteiger charge is -2.00. The Balaban J connectivity index is 1.84. The van der Waals surface area contributed by atoms with Gasteiger partial charge in [-0.05, 0) is 31.2 Å². The van der Waals surface area contributed by atoms with Gasteiger partial charge < -0.3 is 0 Å². The van der Waals surface area contributed by atoms with Crippen molar-refractivity contribution in [2.45, 2.75) is 6.92 Å². The first-order valence-electron chi connectivity index (χ1n) is 6.49. The van der Waals surface area contributed by atoms with E-state index in [0.29, 0.717) is 10.7 Å². The maximum absolute atomic E-state index is 12.1. The maximum Gasteiger partial charge on any atom is 0.257 e. The molecule has 0 aliphatic heterocycles. The van der Waals surface area contributed by atoms with E-state index in [1.54, 1.807) is 18.3 Å². The molecule has 2 aromatic heterocycles. The van der Waals surface area contributed by atoms with Crippen LogP contribution in [0.2, 0.25) is 0 Å². The van der Waals surface area contributed by atoms with Gasteiger partial charge in [-0.25, -0.2) is 4.98 Å². The molecule has 2 heterocycles. The number of aromatic nitrogens is 2. The van der Waals surface area contributed by atoms with E-state index in [1.165, 1.54) is 11.3 Å². The molecule has 104 valence electrons. The van der Waals surface area contributed by atoms with Crippen molar-refractivity contribution in [3.63, 3.8) is 0 Å². The Morgan fingerprint density at radius 3 is 2.57 bits per heavy atom. The third-order valence-electron chi connectivity index (χ3n) is 2.95. The zero-order chi connectivity index (χ0) is 14.7. The van der Waals surface area contributed by atoms with Gasteiger partial charge >= 0.3 is 0 Å². The fourth-order valence-electron chi connectivity index (χ4n) is 1.94. The number of nitrogens with zero attached hydrogens (tertiary/aromatic N) is 2. The number of pyridine rings is 1. The molecule has 0 bridgehead atoms. The Morgan fingerprint density at radius 1 is 1.10 bits per heavy atom. The summed E-state index contributed by atoms with van der Waals surface area (Å²) < 4.78 is 0. The normalized spacial score (nSPS) is 10.3. The summed E-state index contributed by atoms with van der Waals surface area (Å²) in [5.41, 5.74) is 2.35. The predicted octanol–water partition coefficient (Wildman–Crippen LogP) is 3.77. The molecule has 0 aliphatic carbocycles. The van der Waals surface area contributed by atoms with Crippen LogP contribution in [0.4, 0.5) is 5.13 Å². The second kappa shape index (κ2) is 5.85. The molecule has 0 atom stereocenters. The van der Waals surface area contributed by atoms with Crippen LogP contribution in [0.1, 0.15) is 16.1 Å². The van der Waals surface area contributed by atoms with Gasteiger partial charge in [0.2, 0.25) is 0 Å². The smallest absolute Gasteiger partial charge is 0.257 e. The Hall–Kier alpha value is -2.53. The molecule has 0 fully saturated rings. The second-order valence-corrected chi connectivity index (χ2v) is 5.47. The fourth-order valence-corrected chi connectivity index (χ4v) is 2.88. The van der Waals surface area contributed by atoms with Crippen LogP contribution in [0, 0.1) is 6.92 Å². The molecule has 0 unspecified atom stereocenters. The standard InChI is InChI=1S/C16H13N3OS/c1-11-14(13-9-5-6-10-17-13)21-16(18-11)19-15(20)12-7-3-2-4-8-12/h2-10H,1H3,(H,18,19,20). The van der Waals surface area contributed by atoms with Gasteiger partial charge in [0, 0.05) is 11.8 Å². The van der Waals surface area contributed by atoms with E-state index >= 15 is 0 Å². The average Bonchev–Trinajstić information content (AvgIpc) is 2.89. The van der Waals surface area contributed by atoms with E-state index in [0.717, 1.165) is 16.3 Å². The molecule has 1 amide bonds. The van der Waals surface area contributed by atoms with Crippen LogP contribution in [-0.4, -0.2) is 15.9 Å². The van der Waals surface area contributed by atoms with Crippen LogP contribution in [0.3, 0.4) is 0 Å². The topological polar surface area (TPSA) is 54.9 Å². The largest absolute Gasteiger partial charge is 0.298 e. The third-order valence-corrected chi connectivity index (χ3v) is 4.05. The summed E-state index contributed by atoms with van der Waals surface area (Å²) in [7, 11) is 0. The number of anilines is 1. The highest BCUT2D eigenvalue weighted by Crippen LogP contribution is 2.31. The molecule has 0 saturated carbocycles. The quantitative estimate of drug-likeness (QED) is 0.800. The molecule has 0 saturated heterocycles. The minimum atomic E-state index is -0.156. The summed E-state index contributed by atoms with van der Waals surface area (Å²) in [5.74, 6) is -0.156. The highest BCUT2D eigenvalue weighted by atomic mass is 32.1. The van der Waals surface area contributed by atoms with Crippen molar-refractivity contribution in [1.29, 1.82) is 0 Å². The maximum atomic E-state index is 12.1. The number of aryl methyl sites for hydroxylation is 1. The fraction of sp³-hybridized carbons (Fsp3) is 0.0625. The van der Waals surface area contributed by atoms with Gasteiger partial charge in [0.05, 0.1) is 16.3 Å². The van der Waals surface area contributed by atoms with Crippen molar-refractivity contribution >= 4 is 22.4 Å². The molecule has 3 aromatic rings. The summed E-state index contributed by atoms with van der Waals surface area (Å²) in [5, 5.41) is 3.42. The second-order valence-electron chi connectivity index (χ2n) is 4.47. The van der Waals surface area contributed by atoms with E-state index < -0.39 is 0 Å². The number of carbonyl (C=O) groups excluding carboxylic acids is 1. The molecule has 0 radical (unpaired) electrons. The van der Waals surface area contributed by atoms with Crippen molar-refractivity contribution in [3.05, 3.63) is 66.0 Å². The molecular weight excluding hydrogens is 282 g/mol. The number of hydrogen-bond acceptors (Lipinski definition) is 4. The summed E-state index contributed by atoms with van der Waals surface area (Å²) in [6.07, 6.45) is 1.75. The highest BCUT2D eigenvalue weighted by Gasteiger charge is 2.13. The molecule has 1 aromatic carbocycles. The SMILES string of the molecule is Cc1nc(NC(=O)c2ccccc2)sc1-c1ccccn1. The summed E-state index contributed by atoms with van der Waals surface area (Å²) in [6, 6.07) is 14.8. The lowest BCUT2D eigenvalue weighted by atomic mass is 10.2. The molecular formula is C16H13N3OS. The van der Waals surface area contributed by atoms with Crippen LogP contribution in [0.15, 0.2) is 54.7 Å². The Morgan fingerprint density at radius 2 is 1.86 bits per heavy atom. The van der Waals surface area contributed by atoms with E-state index in [4.69, 9.17) is 0 Å². The van der Waals surface area contributed by atoms with E-state index in [-0.39, 0.29) is 5.91 Å². The molecule has 5 heteroatoms. The molecule has 1 N–H and O–H groups in total. The molecule has 3 rings (SSSR count). The minimum Gasteiger partial charge on any atom is -0.298 e. The molecule has 21 heavy (non-hydrogen) atoms. The zero-order valence-electron chi connectivity index (χ0n) is 11.4.